The average molecular weight is 335 g/mol. The normalized spacial score (nSPS) is 22.0. The fraction of sp³-hybridized carbons (Fsp3) is 0.455. The van der Waals surface area contributed by atoms with Crippen LogP contribution in [-0.4, -0.2) is 45.1 Å². The van der Waals surface area contributed by atoms with E-state index in [1.54, 1.807) is 24.3 Å². The second-order valence-corrected chi connectivity index (χ2v) is 6.72. The van der Waals surface area contributed by atoms with Gasteiger partial charge in [0.05, 0.1) is 24.2 Å². The Labute approximate surface area is 115 Å². The molecule has 0 saturated carbocycles. The van der Waals surface area contributed by atoms with Crippen LogP contribution >= 0.6 is 15.9 Å². The van der Waals surface area contributed by atoms with Crippen LogP contribution in [-0.2, 0) is 14.8 Å². The van der Waals surface area contributed by atoms with Crippen LogP contribution in [0.1, 0.15) is 0 Å². The van der Waals surface area contributed by atoms with Crippen molar-refractivity contribution in [3.05, 3.63) is 28.7 Å². The van der Waals surface area contributed by atoms with Crippen molar-refractivity contribution in [1.82, 2.24) is 4.31 Å². The second kappa shape index (κ2) is 5.66. The fourth-order valence-electron chi connectivity index (χ4n) is 1.92. The van der Waals surface area contributed by atoms with Gasteiger partial charge in [-0.15, -0.1) is 0 Å². The predicted molar refractivity (Wildman–Crippen MR) is 71.7 cm³/mol. The summed E-state index contributed by atoms with van der Waals surface area (Å²) in [6.45, 7) is 1.34. The summed E-state index contributed by atoms with van der Waals surface area (Å²) in [5.41, 5.74) is 5.61. The zero-order valence-electron chi connectivity index (χ0n) is 9.75. The molecule has 1 aliphatic rings. The Bertz CT molecular complexity index is 521. The molecule has 0 radical (unpaired) electrons. The lowest BCUT2D eigenvalue weighted by atomic mass is 10.3. The van der Waals surface area contributed by atoms with Gasteiger partial charge >= 0.3 is 0 Å². The number of hydrogen-bond acceptors (Lipinski definition) is 4. The van der Waals surface area contributed by atoms with Crippen molar-refractivity contribution in [1.29, 1.82) is 0 Å². The molecule has 0 bridgehead atoms. The molecule has 0 amide bonds. The van der Waals surface area contributed by atoms with Gasteiger partial charge in [-0.2, -0.15) is 4.31 Å². The maximum Gasteiger partial charge on any atom is 0.244 e. The maximum atomic E-state index is 12.6. The highest BCUT2D eigenvalue weighted by molar-refractivity contribution is 9.10. The predicted octanol–water partition coefficient (Wildman–Crippen LogP) is 0.797. The van der Waals surface area contributed by atoms with Gasteiger partial charge in [0, 0.05) is 17.6 Å². The Morgan fingerprint density at radius 3 is 2.83 bits per heavy atom. The second-order valence-electron chi connectivity index (χ2n) is 4.01. The van der Waals surface area contributed by atoms with Crippen molar-refractivity contribution in [3.63, 3.8) is 0 Å². The number of hydrogen-bond donors (Lipinski definition) is 1. The van der Waals surface area contributed by atoms with Gasteiger partial charge in [-0.3, -0.25) is 0 Å². The number of halogens is 1. The lowest BCUT2D eigenvalue weighted by Crippen LogP contribution is -2.51. The monoisotopic (exact) mass is 334 g/mol. The molecule has 2 rings (SSSR count). The summed E-state index contributed by atoms with van der Waals surface area (Å²) in [4.78, 5) is 0.269. The SMILES string of the molecule is NCC1COCCN1S(=O)(=O)c1ccccc1Br. The highest BCUT2D eigenvalue weighted by atomic mass is 79.9. The Balaban J connectivity index is 2.39. The van der Waals surface area contributed by atoms with Crippen LogP contribution in [0, 0.1) is 0 Å². The van der Waals surface area contributed by atoms with Crippen LogP contribution in [0.15, 0.2) is 33.6 Å². The minimum absolute atomic E-state index is 0.254. The van der Waals surface area contributed by atoms with Gasteiger partial charge in [0.2, 0.25) is 10.0 Å². The quantitative estimate of drug-likeness (QED) is 0.887. The third kappa shape index (κ3) is 2.60. The summed E-state index contributed by atoms with van der Waals surface area (Å²) >= 11 is 3.27. The fourth-order valence-corrected chi connectivity index (χ4v) is 4.49. The van der Waals surface area contributed by atoms with Crippen LogP contribution in [0.3, 0.4) is 0 Å². The van der Waals surface area contributed by atoms with E-state index in [0.717, 1.165) is 0 Å². The molecule has 1 saturated heterocycles. The largest absolute Gasteiger partial charge is 0.378 e. The third-order valence-electron chi connectivity index (χ3n) is 2.87. The van der Waals surface area contributed by atoms with Crippen molar-refractivity contribution in [2.24, 2.45) is 5.73 Å². The zero-order chi connectivity index (χ0) is 13.2. The number of benzene rings is 1. The topological polar surface area (TPSA) is 72.6 Å². The molecule has 18 heavy (non-hydrogen) atoms. The highest BCUT2D eigenvalue weighted by Crippen LogP contribution is 2.26. The van der Waals surface area contributed by atoms with Crippen molar-refractivity contribution in [2.75, 3.05) is 26.3 Å². The zero-order valence-corrected chi connectivity index (χ0v) is 12.2. The Morgan fingerprint density at radius 2 is 2.17 bits per heavy atom. The number of sulfonamides is 1. The first-order valence-electron chi connectivity index (χ1n) is 5.61. The van der Waals surface area contributed by atoms with E-state index in [4.69, 9.17) is 10.5 Å². The Hall–Kier alpha value is -0.470. The number of rotatable bonds is 3. The number of morpholine rings is 1. The molecule has 1 aromatic carbocycles. The molecule has 0 aromatic heterocycles. The van der Waals surface area contributed by atoms with Crippen molar-refractivity contribution in [3.8, 4) is 0 Å². The lowest BCUT2D eigenvalue weighted by molar-refractivity contribution is 0.0358. The van der Waals surface area contributed by atoms with Gasteiger partial charge in [0.15, 0.2) is 0 Å². The summed E-state index contributed by atoms with van der Waals surface area (Å²) in [5, 5.41) is 0. The van der Waals surface area contributed by atoms with E-state index in [-0.39, 0.29) is 17.5 Å². The van der Waals surface area contributed by atoms with E-state index in [9.17, 15) is 8.42 Å². The summed E-state index contributed by atoms with van der Waals surface area (Å²) < 4.78 is 32.4. The first kappa shape index (κ1) is 14.0. The molecular weight excluding hydrogens is 320 g/mol. The van der Waals surface area contributed by atoms with Crippen LogP contribution in [0.2, 0.25) is 0 Å². The third-order valence-corrected chi connectivity index (χ3v) is 5.83. The smallest absolute Gasteiger partial charge is 0.244 e. The van der Waals surface area contributed by atoms with E-state index >= 15 is 0 Å². The standard InChI is InChI=1S/C11H15BrN2O3S/c12-10-3-1-2-4-11(10)18(15,16)14-5-6-17-8-9(14)7-13/h1-4,9H,5-8,13H2. The summed E-state index contributed by atoms with van der Waals surface area (Å²) in [5.74, 6) is 0. The van der Waals surface area contributed by atoms with E-state index < -0.39 is 10.0 Å². The van der Waals surface area contributed by atoms with Gasteiger partial charge in [-0.05, 0) is 28.1 Å². The van der Waals surface area contributed by atoms with Gasteiger partial charge in [0.25, 0.3) is 0 Å². The van der Waals surface area contributed by atoms with Gasteiger partial charge in [-0.25, -0.2) is 8.42 Å². The summed E-state index contributed by atoms with van der Waals surface area (Å²) in [6, 6.07) is 6.49. The molecule has 2 N–H and O–H groups in total. The molecule has 1 heterocycles. The maximum absolute atomic E-state index is 12.6. The number of nitrogens with two attached hydrogens (primary N) is 1. The van der Waals surface area contributed by atoms with Gasteiger partial charge < -0.3 is 10.5 Å². The van der Waals surface area contributed by atoms with Crippen LogP contribution in [0.25, 0.3) is 0 Å². The minimum Gasteiger partial charge on any atom is -0.378 e. The Kier molecular flexibility index (Phi) is 4.39. The summed E-state index contributed by atoms with van der Waals surface area (Å²) in [6.07, 6.45) is 0. The number of ether oxygens (including phenoxy) is 1. The van der Waals surface area contributed by atoms with Crippen molar-refractivity contribution >= 4 is 26.0 Å². The molecule has 100 valence electrons. The molecule has 5 nitrogen and oxygen atoms in total. The van der Waals surface area contributed by atoms with E-state index in [1.807, 2.05) is 0 Å². The van der Waals surface area contributed by atoms with E-state index in [0.29, 0.717) is 24.2 Å². The van der Waals surface area contributed by atoms with Crippen LogP contribution in [0.5, 0.6) is 0 Å². The lowest BCUT2D eigenvalue weighted by Gasteiger charge is -2.33. The highest BCUT2D eigenvalue weighted by Gasteiger charge is 2.34. The molecule has 1 atom stereocenters. The van der Waals surface area contributed by atoms with Gasteiger partial charge in [0.1, 0.15) is 0 Å². The molecule has 1 aromatic rings. The molecule has 1 aliphatic heterocycles. The average Bonchev–Trinajstić information content (AvgIpc) is 2.39. The van der Waals surface area contributed by atoms with Crippen LogP contribution < -0.4 is 5.73 Å². The molecular formula is C11H15BrN2O3S. The van der Waals surface area contributed by atoms with Crippen molar-refractivity contribution in [2.45, 2.75) is 10.9 Å². The molecule has 0 spiro atoms. The first-order valence-corrected chi connectivity index (χ1v) is 7.85. The first-order chi connectivity index (χ1) is 8.57. The van der Waals surface area contributed by atoms with E-state index in [1.165, 1.54) is 4.31 Å². The summed E-state index contributed by atoms with van der Waals surface area (Å²) in [7, 11) is -3.53. The van der Waals surface area contributed by atoms with E-state index in [2.05, 4.69) is 15.9 Å². The van der Waals surface area contributed by atoms with Crippen molar-refractivity contribution < 1.29 is 13.2 Å². The van der Waals surface area contributed by atoms with Gasteiger partial charge in [-0.1, -0.05) is 12.1 Å². The molecule has 7 heteroatoms. The molecule has 1 unspecified atom stereocenters. The van der Waals surface area contributed by atoms with Crippen LogP contribution in [0.4, 0.5) is 0 Å². The molecule has 1 fully saturated rings. The minimum atomic E-state index is -3.53. The molecule has 0 aliphatic carbocycles. The Morgan fingerprint density at radius 1 is 1.44 bits per heavy atom. The number of nitrogens with zero attached hydrogens (tertiary/aromatic N) is 1.